The fraction of sp³-hybridized carbons (Fsp3) is 0.471. The van der Waals surface area contributed by atoms with Gasteiger partial charge in [0.25, 0.3) is 0 Å². The highest BCUT2D eigenvalue weighted by molar-refractivity contribution is 5.94. The SMILES string of the molecule is C#Cc1cc(C(=O)OCCOCCOCCOC)cc(C#Cc2cc(C(=O)OCCOCCOCCOC)cc(C#Cc3cc(C(=O)OCCOCCOCCOC)cc(C#Cc4cc(C(=O)OCCOCCOCCOC)cc(C#Cc5cc(C(=O)OCCOCCOCCOC)cc(C#Cc6cc(C(=O)OCCOCCOCCOC)ccc6C)c5C)c4C)c3C)c2C)c1C. The van der Waals surface area contributed by atoms with Crippen molar-refractivity contribution in [3.05, 3.63) is 207 Å². The zero-order valence-corrected chi connectivity index (χ0v) is 77.8. The van der Waals surface area contributed by atoms with Crippen LogP contribution in [0.2, 0.25) is 0 Å². The molecule has 0 unspecified atom stereocenters. The third kappa shape index (κ3) is 41.7. The van der Waals surface area contributed by atoms with Crippen molar-refractivity contribution >= 4 is 35.8 Å². The highest BCUT2D eigenvalue weighted by Crippen LogP contribution is 2.26. The van der Waals surface area contributed by atoms with E-state index in [4.69, 9.17) is 120 Å². The predicted molar refractivity (Wildman–Crippen MR) is 488 cm³/mol. The second kappa shape index (κ2) is 66.2. The predicted octanol–water partition coefficient (Wildman–Crippen LogP) is 9.54. The minimum atomic E-state index is -0.739. The van der Waals surface area contributed by atoms with Crippen LogP contribution in [0.4, 0.5) is 0 Å². The van der Waals surface area contributed by atoms with Crippen LogP contribution in [0, 0.1) is 113 Å². The number of methoxy groups -OCH3 is 6. The summed E-state index contributed by atoms with van der Waals surface area (Å²) in [6.07, 6.45) is 6.00. The van der Waals surface area contributed by atoms with Crippen LogP contribution < -0.4 is 0 Å². The molecule has 0 N–H and O–H groups in total. The number of aryl methyl sites for hydroxylation is 1. The van der Waals surface area contributed by atoms with Crippen molar-refractivity contribution in [2.75, 3.05) is 281 Å². The average Bonchev–Trinajstić information content (AvgIpc) is 0.851. The van der Waals surface area contributed by atoms with Crippen molar-refractivity contribution in [1.29, 1.82) is 0 Å². The minimum Gasteiger partial charge on any atom is -0.460 e. The number of carbonyl (C=O) groups is 6. The van der Waals surface area contributed by atoms with Gasteiger partial charge in [-0.3, -0.25) is 0 Å². The van der Waals surface area contributed by atoms with Gasteiger partial charge < -0.3 is 114 Å². The van der Waals surface area contributed by atoms with Gasteiger partial charge in [-0.25, -0.2) is 28.8 Å². The van der Waals surface area contributed by atoms with Gasteiger partial charge in [0.1, 0.15) is 39.6 Å². The molecule has 0 bridgehead atoms. The highest BCUT2D eigenvalue weighted by Gasteiger charge is 2.21. The third-order valence-corrected chi connectivity index (χ3v) is 19.1. The summed E-state index contributed by atoms with van der Waals surface area (Å²) in [6.45, 7) is 19.0. The van der Waals surface area contributed by atoms with Crippen molar-refractivity contribution in [2.45, 2.75) is 41.5 Å². The normalized spacial score (nSPS) is 10.7. The first-order valence-electron chi connectivity index (χ1n) is 43.1. The quantitative estimate of drug-likeness (QED) is 0.0148. The minimum absolute atomic E-state index is 0.00178. The van der Waals surface area contributed by atoms with Crippen molar-refractivity contribution in [3.63, 3.8) is 0 Å². The molecule has 6 rings (SSSR count). The molecular weight excluding hydrogens is 1710 g/mol. The Labute approximate surface area is 774 Å². The van der Waals surface area contributed by atoms with Crippen LogP contribution in [0.3, 0.4) is 0 Å². The standard InChI is InChI=1S/C102H122O30/c1-14-80-63-92(98(104)128-58-52-122-46-40-116-34-28-110-9)65-82(75(80)3)19-20-84-67-94(100(106)130-60-54-124-48-42-118-36-30-112-11)69-86(77(84)5)23-24-88-71-96(102(108)132-62-56-126-50-44-120-38-32-114-13)73-90(79(88)7)26-25-89-72-95(101(107)131-61-55-125-49-43-119-37-31-113-12)70-87(78(89)6)22-21-85-68-93(99(105)129-59-53-123-47-41-117-35-29-111-10)66-83(76(85)4)18-17-81-64-91(16-15-74(81)2)97(103)127-57-51-121-45-39-115-33-27-109-8/h1,15-16,63-73H,27-62H2,2-13H3. The molecule has 132 heavy (non-hydrogen) atoms. The van der Waals surface area contributed by atoms with E-state index in [-0.39, 0.29) is 159 Å². The number of benzene rings is 6. The van der Waals surface area contributed by atoms with Crippen LogP contribution >= 0.6 is 0 Å². The maximum atomic E-state index is 14.4. The van der Waals surface area contributed by atoms with E-state index in [1.807, 2.05) is 6.92 Å². The lowest BCUT2D eigenvalue weighted by molar-refractivity contribution is 0.00552. The van der Waals surface area contributed by atoms with Gasteiger partial charge in [-0.2, -0.15) is 0 Å². The van der Waals surface area contributed by atoms with Gasteiger partial charge in [0, 0.05) is 104 Å². The molecule has 0 amide bonds. The number of ether oxygens (including phenoxy) is 24. The Hall–Kier alpha value is -11.2. The summed E-state index contributed by atoms with van der Waals surface area (Å²) >= 11 is 0. The molecule has 710 valence electrons. The van der Waals surface area contributed by atoms with E-state index < -0.39 is 35.8 Å². The zero-order valence-electron chi connectivity index (χ0n) is 77.8. The van der Waals surface area contributed by atoms with Crippen LogP contribution in [0.5, 0.6) is 0 Å². The summed E-state index contributed by atoms with van der Waals surface area (Å²) in [7, 11) is 9.47. The fourth-order valence-corrected chi connectivity index (χ4v) is 11.5. The molecule has 0 aromatic heterocycles. The summed E-state index contributed by atoms with van der Waals surface area (Å²) < 4.78 is 131. The molecule has 0 aliphatic carbocycles. The van der Waals surface area contributed by atoms with Crippen LogP contribution in [0.1, 0.15) is 157 Å². The Morgan fingerprint density at radius 1 is 0.197 bits per heavy atom. The van der Waals surface area contributed by atoms with Crippen LogP contribution in [0.25, 0.3) is 0 Å². The van der Waals surface area contributed by atoms with Crippen LogP contribution in [-0.2, 0) is 114 Å². The third-order valence-electron chi connectivity index (χ3n) is 19.1. The first kappa shape index (κ1) is 110. The van der Waals surface area contributed by atoms with E-state index in [0.717, 1.165) is 5.56 Å². The lowest BCUT2D eigenvalue weighted by Crippen LogP contribution is -2.14. The summed E-state index contributed by atoms with van der Waals surface area (Å²) in [5.41, 5.74) is 8.26. The topological polar surface area (TPSA) is 324 Å². The maximum absolute atomic E-state index is 14.4. The first-order valence-corrected chi connectivity index (χ1v) is 43.1. The van der Waals surface area contributed by atoms with Crippen molar-refractivity contribution in [3.8, 4) is 71.5 Å². The average molecular weight is 1830 g/mol. The molecule has 30 heteroatoms. The summed E-state index contributed by atoms with van der Waals surface area (Å²) in [5, 5.41) is 0. The monoisotopic (exact) mass is 1830 g/mol. The molecule has 0 aliphatic heterocycles. The van der Waals surface area contributed by atoms with Gasteiger partial charge in [0.15, 0.2) is 0 Å². The lowest BCUT2D eigenvalue weighted by atomic mass is 9.95. The Balaban J connectivity index is 1.49. The van der Waals surface area contributed by atoms with E-state index in [9.17, 15) is 28.8 Å². The second-order valence-corrected chi connectivity index (χ2v) is 28.5. The van der Waals surface area contributed by atoms with E-state index in [1.165, 1.54) is 0 Å². The van der Waals surface area contributed by atoms with Gasteiger partial charge in [-0.1, -0.05) is 71.2 Å². The van der Waals surface area contributed by atoms with Crippen molar-refractivity contribution < 1.29 is 142 Å². The number of esters is 6. The second-order valence-electron chi connectivity index (χ2n) is 28.5. The largest absolute Gasteiger partial charge is 0.460 e. The van der Waals surface area contributed by atoms with E-state index in [0.29, 0.717) is 201 Å². The zero-order chi connectivity index (χ0) is 95.1. The lowest BCUT2D eigenvalue weighted by Gasteiger charge is -2.11. The molecule has 0 heterocycles. The van der Waals surface area contributed by atoms with Gasteiger partial charge in [0.05, 0.1) is 232 Å². The number of hydrogen-bond acceptors (Lipinski definition) is 30. The molecule has 0 atom stereocenters. The Morgan fingerprint density at radius 3 is 0.523 bits per heavy atom. The summed E-state index contributed by atoms with van der Waals surface area (Å²) in [4.78, 5) is 84.1. The van der Waals surface area contributed by atoms with Gasteiger partial charge in [0.2, 0.25) is 0 Å². The van der Waals surface area contributed by atoms with Crippen molar-refractivity contribution in [1.82, 2.24) is 0 Å². The van der Waals surface area contributed by atoms with Gasteiger partial charge in [-0.15, -0.1) is 6.42 Å². The van der Waals surface area contributed by atoms with Crippen LogP contribution in [-0.4, -0.2) is 316 Å². The first-order chi connectivity index (χ1) is 64.3. The number of terminal acetylenes is 1. The number of rotatable bonds is 60. The molecule has 0 saturated heterocycles. The van der Waals surface area contributed by atoms with E-state index >= 15 is 0 Å². The Morgan fingerprint density at radius 2 is 0.341 bits per heavy atom. The molecule has 6 aromatic carbocycles. The van der Waals surface area contributed by atoms with Gasteiger partial charge in [-0.05, 0) is 148 Å². The number of carbonyl (C=O) groups excluding carboxylic acids is 6. The molecule has 30 nitrogen and oxygen atoms in total. The molecule has 0 radical (unpaired) electrons. The summed E-state index contributed by atoms with van der Waals surface area (Å²) in [6, 6.07) is 20.7. The number of hydrogen-bond donors (Lipinski definition) is 0. The Bertz CT molecular complexity index is 5020. The molecular formula is C102H122O30. The molecule has 0 saturated carbocycles. The molecule has 6 aromatic rings. The van der Waals surface area contributed by atoms with Crippen molar-refractivity contribution in [2.24, 2.45) is 0 Å². The molecule has 0 aliphatic rings. The van der Waals surface area contributed by atoms with E-state index in [1.54, 1.807) is 156 Å². The van der Waals surface area contributed by atoms with Gasteiger partial charge >= 0.3 is 35.8 Å². The molecule has 0 fully saturated rings. The molecule has 0 spiro atoms. The van der Waals surface area contributed by atoms with Crippen LogP contribution in [0.15, 0.2) is 78.9 Å². The summed E-state index contributed by atoms with van der Waals surface area (Å²) in [5.74, 6) is 30.9. The highest BCUT2D eigenvalue weighted by atomic mass is 16.6. The maximum Gasteiger partial charge on any atom is 0.338 e. The smallest absolute Gasteiger partial charge is 0.338 e. The fourth-order valence-electron chi connectivity index (χ4n) is 11.5. The van der Waals surface area contributed by atoms with E-state index in [2.05, 4.69) is 65.1 Å². The Kier molecular flexibility index (Phi) is 54.9.